The molecule has 1 amide bonds. The summed E-state index contributed by atoms with van der Waals surface area (Å²) in [6.07, 6.45) is -4.59. The van der Waals surface area contributed by atoms with Crippen molar-refractivity contribution in [2.75, 3.05) is 5.32 Å². The van der Waals surface area contributed by atoms with E-state index in [0.717, 1.165) is 12.1 Å². The van der Waals surface area contributed by atoms with Crippen molar-refractivity contribution < 1.29 is 23.1 Å². The van der Waals surface area contributed by atoms with E-state index in [0.29, 0.717) is 11.6 Å². The molecule has 20 heavy (non-hydrogen) atoms. The van der Waals surface area contributed by atoms with Crippen LogP contribution in [0.25, 0.3) is 0 Å². The third-order valence-corrected chi connectivity index (χ3v) is 2.54. The van der Waals surface area contributed by atoms with Crippen LogP contribution in [0, 0.1) is 0 Å². The maximum atomic E-state index is 12.6. The highest BCUT2D eigenvalue weighted by Gasteiger charge is 2.31. The van der Waals surface area contributed by atoms with Gasteiger partial charge in [0.15, 0.2) is 0 Å². The Balaban J connectivity index is 2.26. The highest BCUT2D eigenvalue weighted by atomic mass is 19.4. The number of amides is 1. The van der Waals surface area contributed by atoms with Gasteiger partial charge in [0.2, 0.25) is 0 Å². The van der Waals surface area contributed by atoms with E-state index in [-0.39, 0.29) is 5.69 Å². The SMILES string of the molecule is O=C(Nc1cc(O)cc(C(F)(F)F)c1)c1ccccc1. The summed E-state index contributed by atoms with van der Waals surface area (Å²) in [5.74, 6) is -1.12. The van der Waals surface area contributed by atoms with Crippen molar-refractivity contribution in [3.63, 3.8) is 0 Å². The molecule has 0 spiro atoms. The highest BCUT2D eigenvalue weighted by Crippen LogP contribution is 2.33. The number of carbonyl (C=O) groups is 1. The lowest BCUT2D eigenvalue weighted by Crippen LogP contribution is -2.13. The van der Waals surface area contributed by atoms with Crippen molar-refractivity contribution in [2.45, 2.75) is 6.18 Å². The summed E-state index contributed by atoms with van der Waals surface area (Å²) in [5, 5.41) is 11.6. The van der Waals surface area contributed by atoms with Crippen molar-refractivity contribution in [1.82, 2.24) is 0 Å². The van der Waals surface area contributed by atoms with E-state index in [1.165, 1.54) is 12.1 Å². The van der Waals surface area contributed by atoms with Crippen LogP contribution in [-0.2, 0) is 6.18 Å². The van der Waals surface area contributed by atoms with Gasteiger partial charge in [-0.25, -0.2) is 0 Å². The lowest BCUT2D eigenvalue weighted by atomic mass is 10.1. The van der Waals surface area contributed by atoms with Crippen molar-refractivity contribution in [1.29, 1.82) is 0 Å². The number of phenols is 1. The second-order valence-electron chi connectivity index (χ2n) is 4.09. The molecule has 2 aromatic carbocycles. The average Bonchev–Trinajstić information content (AvgIpc) is 2.38. The number of carbonyl (C=O) groups excluding carboxylic acids is 1. The van der Waals surface area contributed by atoms with Crippen molar-refractivity contribution in [2.24, 2.45) is 0 Å². The second-order valence-corrected chi connectivity index (χ2v) is 4.09. The summed E-state index contributed by atoms with van der Waals surface area (Å²) >= 11 is 0. The van der Waals surface area contributed by atoms with Crippen LogP contribution in [0.1, 0.15) is 15.9 Å². The van der Waals surface area contributed by atoms with E-state index in [2.05, 4.69) is 5.32 Å². The molecule has 0 aromatic heterocycles. The predicted octanol–water partition coefficient (Wildman–Crippen LogP) is 3.66. The molecule has 3 nitrogen and oxygen atoms in total. The van der Waals surface area contributed by atoms with Crippen LogP contribution in [0.2, 0.25) is 0 Å². The van der Waals surface area contributed by atoms with Gasteiger partial charge in [0.05, 0.1) is 5.56 Å². The third kappa shape index (κ3) is 3.28. The predicted molar refractivity (Wildman–Crippen MR) is 67.5 cm³/mol. The molecule has 0 aliphatic carbocycles. The summed E-state index contributed by atoms with van der Waals surface area (Å²) in [6.45, 7) is 0. The van der Waals surface area contributed by atoms with Gasteiger partial charge in [0.25, 0.3) is 5.91 Å². The molecule has 0 aliphatic heterocycles. The van der Waals surface area contributed by atoms with E-state index in [1.54, 1.807) is 18.2 Å². The second kappa shape index (κ2) is 5.24. The average molecular weight is 281 g/mol. The Labute approximate surface area is 112 Å². The van der Waals surface area contributed by atoms with E-state index in [1.807, 2.05) is 0 Å². The zero-order chi connectivity index (χ0) is 14.8. The van der Waals surface area contributed by atoms with Gasteiger partial charge in [0.1, 0.15) is 5.75 Å². The number of aromatic hydroxyl groups is 1. The monoisotopic (exact) mass is 281 g/mol. The molecule has 0 unspecified atom stereocenters. The topological polar surface area (TPSA) is 49.3 Å². The summed E-state index contributed by atoms with van der Waals surface area (Å²) < 4.78 is 37.8. The molecule has 0 bridgehead atoms. The molecule has 0 fully saturated rings. The smallest absolute Gasteiger partial charge is 0.416 e. The Bertz CT molecular complexity index is 624. The Morgan fingerprint density at radius 2 is 1.70 bits per heavy atom. The first-order valence-corrected chi connectivity index (χ1v) is 5.64. The van der Waals surface area contributed by atoms with Gasteiger partial charge in [0, 0.05) is 17.3 Å². The lowest BCUT2D eigenvalue weighted by Gasteiger charge is -2.11. The Hall–Kier alpha value is -2.50. The van der Waals surface area contributed by atoms with E-state index < -0.39 is 23.4 Å². The van der Waals surface area contributed by atoms with E-state index >= 15 is 0 Å². The number of nitrogens with one attached hydrogen (secondary N) is 1. The molecule has 0 saturated heterocycles. The van der Waals surface area contributed by atoms with Crippen LogP contribution in [0.3, 0.4) is 0 Å². The fraction of sp³-hybridized carbons (Fsp3) is 0.0714. The van der Waals surface area contributed by atoms with Gasteiger partial charge in [-0.2, -0.15) is 13.2 Å². The number of phenolic OH excluding ortho intramolecular Hbond substituents is 1. The van der Waals surface area contributed by atoms with Crippen molar-refractivity contribution >= 4 is 11.6 Å². The molecule has 0 aliphatic rings. The minimum Gasteiger partial charge on any atom is -0.508 e. The number of halogens is 3. The first-order valence-electron chi connectivity index (χ1n) is 5.64. The number of benzene rings is 2. The molecule has 0 heterocycles. The van der Waals surface area contributed by atoms with Crippen LogP contribution < -0.4 is 5.32 Å². The van der Waals surface area contributed by atoms with Crippen LogP contribution in [0.15, 0.2) is 48.5 Å². The molecule has 104 valence electrons. The zero-order valence-corrected chi connectivity index (χ0v) is 10.1. The van der Waals surface area contributed by atoms with E-state index in [9.17, 15) is 23.1 Å². The maximum absolute atomic E-state index is 12.6. The summed E-state index contributed by atoms with van der Waals surface area (Å²) in [7, 11) is 0. The molecular formula is C14H10F3NO2. The molecule has 2 N–H and O–H groups in total. The number of anilines is 1. The van der Waals surface area contributed by atoms with Crippen molar-refractivity contribution in [3.05, 3.63) is 59.7 Å². The fourth-order valence-electron chi connectivity index (χ4n) is 1.64. The third-order valence-electron chi connectivity index (χ3n) is 2.54. The molecule has 2 rings (SSSR count). The number of hydrogen-bond donors (Lipinski definition) is 2. The number of alkyl halides is 3. The normalized spacial score (nSPS) is 11.2. The molecule has 0 radical (unpaired) electrons. The highest BCUT2D eigenvalue weighted by molar-refractivity contribution is 6.04. The summed E-state index contributed by atoms with van der Waals surface area (Å²) in [6, 6.07) is 10.5. The maximum Gasteiger partial charge on any atom is 0.416 e. The first kappa shape index (κ1) is 13.9. The first-order chi connectivity index (χ1) is 9.36. The Morgan fingerprint density at radius 1 is 1.05 bits per heavy atom. The quantitative estimate of drug-likeness (QED) is 0.882. The molecule has 0 atom stereocenters. The molecule has 0 saturated carbocycles. The molecule has 6 heteroatoms. The fourth-order valence-corrected chi connectivity index (χ4v) is 1.64. The minimum atomic E-state index is -4.59. The Morgan fingerprint density at radius 3 is 2.30 bits per heavy atom. The summed E-state index contributed by atoms with van der Waals surface area (Å²) in [5.41, 5.74) is -0.837. The van der Waals surface area contributed by atoms with Crippen LogP contribution in [-0.4, -0.2) is 11.0 Å². The number of rotatable bonds is 2. The number of hydrogen-bond acceptors (Lipinski definition) is 2. The van der Waals surface area contributed by atoms with Gasteiger partial charge < -0.3 is 10.4 Å². The van der Waals surface area contributed by atoms with Crippen LogP contribution in [0.4, 0.5) is 18.9 Å². The minimum absolute atomic E-state index is 0.119. The van der Waals surface area contributed by atoms with Crippen LogP contribution >= 0.6 is 0 Å². The van der Waals surface area contributed by atoms with Gasteiger partial charge in [-0.05, 0) is 24.3 Å². The molecular weight excluding hydrogens is 271 g/mol. The zero-order valence-electron chi connectivity index (χ0n) is 10.1. The van der Waals surface area contributed by atoms with Crippen LogP contribution in [0.5, 0.6) is 5.75 Å². The van der Waals surface area contributed by atoms with Gasteiger partial charge in [-0.1, -0.05) is 18.2 Å². The van der Waals surface area contributed by atoms with Gasteiger partial charge >= 0.3 is 6.18 Å². The standard InChI is InChI=1S/C14H10F3NO2/c15-14(16,17)10-6-11(8-12(19)7-10)18-13(20)9-4-2-1-3-5-9/h1-8,19H,(H,18,20). The van der Waals surface area contributed by atoms with Gasteiger partial charge in [-0.15, -0.1) is 0 Å². The molecule has 2 aromatic rings. The van der Waals surface area contributed by atoms with E-state index in [4.69, 9.17) is 0 Å². The lowest BCUT2D eigenvalue weighted by molar-refractivity contribution is -0.137. The largest absolute Gasteiger partial charge is 0.508 e. The Kier molecular flexibility index (Phi) is 3.65. The van der Waals surface area contributed by atoms with Crippen molar-refractivity contribution in [3.8, 4) is 5.75 Å². The summed E-state index contributed by atoms with van der Waals surface area (Å²) in [4.78, 5) is 11.8. The van der Waals surface area contributed by atoms with Gasteiger partial charge in [-0.3, -0.25) is 4.79 Å².